The van der Waals surface area contributed by atoms with Gasteiger partial charge in [-0.05, 0) is 34.1 Å². The maximum Gasteiger partial charge on any atom is 0.311 e. The third kappa shape index (κ3) is 3.97. The van der Waals surface area contributed by atoms with Crippen LogP contribution in [0.4, 0.5) is 0 Å². The third-order valence-corrected chi connectivity index (χ3v) is 4.00. The lowest BCUT2D eigenvalue weighted by Gasteiger charge is -2.24. The van der Waals surface area contributed by atoms with Gasteiger partial charge in [0, 0.05) is 0 Å². The molecule has 0 aromatic carbocycles. The maximum absolute atomic E-state index is 11.8. The van der Waals surface area contributed by atoms with E-state index < -0.39 is 36.0 Å². The zero-order valence-electron chi connectivity index (χ0n) is 13.8. The normalized spacial score (nSPS) is 31.8. The van der Waals surface area contributed by atoms with E-state index in [1.165, 1.54) is 0 Å². The van der Waals surface area contributed by atoms with Gasteiger partial charge in [0.05, 0.1) is 12.0 Å². The van der Waals surface area contributed by atoms with Crippen LogP contribution in [0.2, 0.25) is 0 Å². The number of carbonyl (C=O) groups is 1. The smallest absolute Gasteiger partial charge is 0.311 e. The summed E-state index contributed by atoms with van der Waals surface area (Å²) in [5.41, 5.74) is -0.576. The first-order valence-corrected chi connectivity index (χ1v) is 7.62. The quantitative estimate of drug-likeness (QED) is 0.581. The Labute approximate surface area is 130 Å². The van der Waals surface area contributed by atoms with Crippen LogP contribution in [-0.4, -0.2) is 54.9 Å². The van der Waals surface area contributed by atoms with Crippen LogP contribution < -0.4 is 0 Å². The Kier molecular flexibility index (Phi) is 5.13. The zero-order valence-corrected chi connectivity index (χ0v) is 13.8. The molecule has 0 aromatic rings. The number of ether oxygens (including phenoxy) is 5. The van der Waals surface area contributed by atoms with Crippen molar-refractivity contribution >= 4 is 5.97 Å². The molecule has 0 aliphatic carbocycles. The van der Waals surface area contributed by atoms with Crippen LogP contribution >= 0.6 is 0 Å². The van der Waals surface area contributed by atoms with Crippen molar-refractivity contribution in [2.24, 2.45) is 5.41 Å². The Morgan fingerprint density at radius 2 is 2.09 bits per heavy atom. The van der Waals surface area contributed by atoms with Gasteiger partial charge in [-0.2, -0.15) is 0 Å². The van der Waals surface area contributed by atoms with Crippen LogP contribution in [0.25, 0.3) is 0 Å². The fourth-order valence-electron chi connectivity index (χ4n) is 2.27. The lowest BCUT2D eigenvalue weighted by atomic mass is 9.91. The van der Waals surface area contributed by atoms with E-state index in [-0.39, 0.29) is 19.2 Å². The number of aliphatic hydroxyl groups excluding tert-OH is 1. The topological polar surface area (TPSA) is 83.5 Å². The molecule has 2 rings (SSSR count). The molecule has 2 aliphatic heterocycles. The van der Waals surface area contributed by atoms with Crippen LogP contribution in [-0.2, 0) is 28.5 Å². The van der Waals surface area contributed by atoms with Gasteiger partial charge in [-0.1, -0.05) is 6.92 Å². The molecule has 0 saturated carbocycles. The van der Waals surface area contributed by atoms with Gasteiger partial charge < -0.3 is 28.8 Å². The SMILES string of the molecule is CCC(C)(C)C(=O)OCC(O)OC1COC2OC(C)(C)OC12. The first-order chi connectivity index (χ1) is 10.1. The molecule has 2 saturated heterocycles. The van der Waals surface area contributed by atoms with E-state index in [2.05, 4.69) is 0 Å². The standard InChI is InChI=1S/C15H26O7/c1-6-14(2,3)13(17)19-8-10(16)20-9-7-18-12-11(9)21-15(4,5)22-12/h9-12,16H,6-8H2,1-5H3. The first-order valence-electron chi connectivity index (χ1n) is 7.62. The van der Waals surface area contributed by atoms with E-state index in [4.69, 9.17) is 23.7 Å². The number of fused-ring (bicyclic) bond motifs is 1. The van der Waals surface area contributed by atoms with Crippen molar-refractivity contribution in [2.75, 3.05) is 13.2 Å². The number of hydrogen-bond donors (Lipinski definition) is 1. The molecule has 4 atom stereocenters. The van der Waals surface area contributed by atoms with E-state index in [0.29, 0.717) is 6.42 Å². The molecular formula is C15H26O7. The molecule has 1 N–H and O–H groups in total. The largest absolute Gasteiger partial charge is 0.460 e. The maximum atomic E-state index is 11.8. The van der Waals surface area contributed by atoms with Gasteiger partial charge in [-0.15, -0.1) is 0 Å². The van der Waals surface area contributed by atoms with Gasteiger partial charge in [0.2, 0.25) is 0 Å². The minimum Gasteiger partial charge on any atom is -0.460 e. The molecule has 22 heavy (non-hydrogen) atoms. The second kappa shape index (κ2) is 6.41. The molecule has 0 bridgehead atoms. The van der Waals surface area contributed by atoms with Crippen LogP contribution in [0.15, 0.2) is 0 Å². The van der Waals surface area contributed by atoms with Crippen LogP contribution in [0, 0.1) is 5.41 Å². The van der Waals surface area contributed by atoms with E-state index >= 15 is 0 Å². The Balaban J connectivity index is 1.78. The number of aliphatic hydroxyl groups is 1. The van der Waals surface area contributed by atoms with E-state index in [9.17, 15) is 9.90 Å². The highest BCUT2D eigenvalue weighted by Crippen LogP contribution is 2.36. The zero-order chi connectivity index (χ0) is 16.5. The molecule has 7 heteroatoms. The lowest BCUT2D eigenvalue weighted by molar-refractivity contribution is -0.224. The highest BCUT2D eigenvalue weighted by atomic mass is 16.8. The summed E-state index contributed by atoms with van der Waals surface area (Å²) >= 11 is 0. The van der Waals surface area contributed by atoms with Gasteiger partial charge in [-0.3, -0.25) is 4.79 Å². The highest BCUT2D eigenvalue weighted by molar-refractivity contribution is 5.75. The van der Waals surface area contributed by atoms with E-state index in [1.807, 2.05) is 6.92 Å². The van der Waals surface area contributed by atoms with Crippen molar-refractivity contribution in [3.05, 3.63) is 0 Å². The highest BCUT2D eigenvalue weighted by Gasteiger charge is 2.51. The number of carbonyl (C=O) groups excluding carboxylic acids is 1. The van der Waals surface area contributed by atoms with E-state index in [1.54, 1.807) is 27.7 Å². The summed E-state index contributed by atoms with van der Waals surface area (Å²) in [6, 6.07) is 0. The van der Waals surface area contributed by atoms with Crippen LogP contribution in [0.1, 0.15) is 41.0 Å². The van der Waals surface area contributed by atoms with Crippen molar-refractivity contribution in [3.63, 3.8) is 0 Å². The van der Waals surface area contributed by atoms with Crippen molar-refractivity contribution < 1.29 is 33.6 Å². The predicted octanol–water partition coefficient (Wildman–Crippen LogP) is 1.18. The number of rotatable bonds is 6. The molecule has 7 nitrogen and oxygen atoms in total. The summed E-state index contributed by atoms with van der Waals surface area (Å²) in [6.07, 6.45) is -1.92. The van der Waals surface area contributed by atoms with Crippen molar-refractivity contribution in [1.82, 2.24) is 0 Å². The molecule has 0 aromatic heterocycles. The fourth-order valence-corrected chi connectivity index (χ4v) is 2.27. The average molecular weight is 318 g/mol. The Bertz CT molecular complexity index is 407. The second-order valence-electron chi connectivity index (χ2n) is 6.77. The summed E-state index contributed by atoms with van der Waals surface area (Å²) in [7, 11) is 0. The van der Waals surface area contributed by atoms with Gasteiger partial charge >= 0.3 is 5.97 Å². The van der Waals surface area contributed by atoms with Crippen molar-refractivity contribution in [1.29, 1.82) is 0 Å². The molecule has 2 heterocycles. The Morgan fingerprint density at radius 1 is 1.41 bits per heavy atom. The first kappa shape index (κ1) is 17.6. The Morgan fingerprint density at radius 3 is 2.73 bits per heavy atom. The molecule has 2 fully saturated rings. The summed E-state index contributed by atoms with van der Waals surface area (Å²) in [6.45, 7) is 9.11. The molecule has 0 radical (unpaired) electrons. The minimum atomic E-state index is -1.23. The van der Waals surface area contributed by atoms with Gasteiger partial charge in [-0.25, -0.2) is 0 Å². The minimum absolute atomic E-state index is 0.222. The van der Waals surface area contributed by atoms with E-state index in [0.717, 1.165) is 0 Å². The molecule has 128 valence electrons. The summed E-state index contributed by atoms with van der Waals surface area (Å²) in [4.78, 5) is 11.8. The van der Waals surface area contributed by atoms with Crippen molar-refractivity contribution in [3.8, 4) is 0 Å². The van der Waals surface area contributed by atoms with Crippen molar-refractivity contribution in [2.45, 2.75) is 71.6 Å². The average Bonchev–Trinajstić information content (AvgIpc) is 2.92. The summed E-state index contributed by atoms with van der Waals surface area (Å²) in [5, 5.41) is 9.90. The summed E-state index contributed by atoms with van der Waals surface area (Å²) < 4.78 is 27.2. The van der Waals surface area contributed by atoms with Gasteiger partial charge in [0.1, 0.15) is 18.8 Å². The number of hydrogen-bond acceptors (Lipinski definition) is 7. The second-order valence-corrected chi connectivity index (χ2v) is 6.77. The molecular weight excluding hydrogens is 292 g/mol. The molecule has 0 amide bonds. The van der Waals surface area contributed by atoms with Crippen LogP contribution in [0.3, 0.4) is 0 Å². The number of esters is 1. The molecule has 0 spiro atoms. The third-order valence-electron chi connectivity index (χ3n) is 4.00. The van der Waals surface area contributed by atoms with Gasteiger partial charge in [0.25, 0.3) is 0 Å². The predicted molar refractivity (Wildman–Crippen MR) is 75.7 cm³/mol. The molecule has 2 aliphatic rings. The summed E-state index contributed by atoms with van der Waals surface area (Å²) in [5.74, 6) is -1.10. The molecule has 4 unspecified atom stereocenters. The monoisotopic (exact) mass is 318 g/mol. The van der Waals surface area contributed by atoms with Crippen LogP contribution in [0.5, 0.6) is 0 Å². The fraction of sp³-hybridized carbons (Fsp3) is 0.933. The Hall–Kier alpha value is -0.730. The lowest BCUT2D eigenvalue weighted by Crippen LogP contribution is -2.37. The van der Waals surface area contributed by atoms with Gasteiger partial charge in [0.15, 0.2) is 18.4 Å².